The van der Waals surface area contributed by atoms with Gasteiger partial charge in [-0.05, 0) is 41.7 Å². The summed E-state index contributed by atoms with van der Waals surface area (Å²) >= 11 is 0. The molecule has 0 bridgehead atoms. The van der Waals surface area contributed by atoms with Crippen LogP contribution < -0.4 is 5.73 Å². The van der Waals surface area contributed by atoms with Crippen LogP contribution >= 0.6 is 0 Å². The summed E-state index contributed by atoms with van der Waals surface area (Å²) in [5.74, 6) is -0.601. The van der Waals surface area contributed by atoms with Crippen molar-refractivity contribution in [2.45, 2.75) is 51.5 Å². The lowest BCUT2D eigenvalue weighted by Gasteiger charge is -2.58. The van der Waals surface area contributed by atoms with Crippen molar-refractivity contribution in [1.29, 1.82) is 0 Å². The molecule has 4 nitrogen and oxygen atoms in total. The molecule has 0 aromatic heterocycles. The summed E-state index contributed by atoms with van der Waals surface area (Å²) in [6, 6.07) is 0. The van der Waals surface area contributed by atoms with Crippen LogP contribution in [0.15, 0.2) is 0 Å². The molecule has 0 aromatic carbocycles. The van der Waals surface area contributed by atoms with Crippen molar-refractivity contribution in [3.05, 3.63) is 0 Å². The van der Waals surface area contributed by atoms with Crippen LogP contribution in [-0.4, -0.2) is 48.6 Å². The second kappa shape index (κ2) is 4.26. The molecule has 2 N–H and O–H groups in total. The third-order valence-electron chi connectivity index (χ3n) is 4.05. The molecular formula is C12H26N2O2. The number of hydrogen-bond donors (Lipinski definition) is 1. The number of likely N-dealkylation sites (N-methyl/N-ethyl adjacent to an activating group) is 1. The summed E-state index contributed by atoms with van der Waals surface area (Å²) in [6.45, 7) is 12.3. The molecule has 1 fully saturated rings. The molecule has 1 atom stereocenters. The van der Waals surface area contributed by atoms with Gasteiger partial charge in [0.2, 0.25) is 0 Å². The van der Waals surface area contributed by atoms with Crippen LogP contribution in [0.2, 0.25) is 0 Å². The van der Waals surface area contributed by atoms with Gasteiger partial charge >= 0.3 is 0 Å². The molecule has 0 saturated carbocycles. The van der Waals surface area contributed by atoms with E-state index in [-0.39, 0.29) is 11.1 Å². The maximum atomic E-state index is 5.95. The largest absolute Gasteiger partial charge is 0.347 e. The summed E-state index contributed by atoms with van der Waals surface area (Å²) in [5, 5.41) is 0. The molecule has 0 aliphatic carbocycles. The Bertz CT molecular complexity index is 253. The Hall–Kier alpha value is -0.160. The monoisotopic (exact) mass is 230 g/mol. The van der Waals surface area contributed by atoms with Crippen LogP contribution in [0.3, 0.4) is 0 Å². The van der Waals surface area contributed by atoms with E-state index in [0.717, 1.165) is 0 Å². The first-order valence-corrected chi connectivity index (χ1v) is 5.89. The highest BCUT2D eigenvalue weighted by Gasteiger charge is 2.54. The smallest absolute Gasteiger partial charge is 0.183 e. The topological polar surface area (TPSA) is 47.7 Å². The first kappa shape index (κ1) is 13.9. The Morgan fingerprint density at radius 2 is 1.81 bits per heavy atom. The van der Waals surface area contributed by atoms with E-state index in [2.05, 4.69) is 39.6 Å². The highest BCUT2D eigenvalue weighted by Crippen LogP contribution is 2.40. The van der Waals surface area contributed by atoms with Crippen molar-refractivity contribution in [1.82, 2.24) is 4.90 Å². The summed E-state index contributed by atoms with van der Waals surface area (Å²) < 4.78 is 11.8. The van der Waals surface area contributed by atoms with Crippen molar-refractivity contribution in [2.75, 3.05) is 26.8 Å². The van der Waals surface area contributed by atoms with E-state index in [9.17, 15) is 0 Å². The van der Waals surface area contributed by atoms with Crippen LogP contribution in [0.25, 0.3) is 0 Å². The molecule has 1 unspecified atom stereocenters. The molecule has 1 aliphatic heterocycles. The maximum Gasteiger partial charge on any atom is 0.183 e. The second-order valence-electron chi connectivity index (χ2n) is 5.80. The lowest BCUT2D eigenvalue weighted by Crippen LogP contribution is -2.71. The molecule has 0 amide bonds. The predicted octanol–water partition coefficient (Wildman–Crippen LogP) is 1.20. The van der Waals surface area contributed by atoms with Gasteiger partial charge in [0.15, 0.2) is 5.79 Å². The van der Waals surface area contributed by atoms with Gasteiger partial charge in [0.05, 0.1) is 18.8 Å². The Labute approximate surface area is 99.1 Å². The molecule has 0 spiro atoms. The van der Waals surface area contributed by atoms with E-state index in [0.29, 0.717) is 19.8 Å². The van der Waals surface area contributed by atoms with Gasteiger partial charge in [-0.15, -0.1) is 0 Å². The minimum Gasteiger partial charge on any atom is -0.347 e. The molecule has 1 rings (SSSR count). The van der Waals surface area contributed by atoms with Crippen LogP contribution in [0.5, 0.6) is 0 Å². The number of nitrogens with zero attached hydrogens (tertiary/aromatic N) is 1. The molecule has 0 aromatic rings. The zero-order chi connectivity index (χ0) is 12.6. The summed E-state index contributed by atoms with van der Waals surface area (Å²) in [5.41, 5.74) is 5.32. The van der Waals surface area contributed by atoms with Gasteiger partial charge < -0.3 is 15.2 Å². The first-order valence-electron chi connectivity index (χ1n) is 5.89. The molecular weight excluding hydrogens is 204 g/mol. The van der Waals surface area contributed by atoms with Crippen molar-refractivity contribution in [2.24, 2.45) is 5.73 Å². The zero-order valence-electron chi connectivity index (χ0n) is 11.5. The number of nitrogens with two attached hydrogens (primary N) is 1. The number of ether oxygens (including phenoxy) is 2. The average molecular weight is 230 g/mol. The fraction of sp³-hybridized carbons (Fsp3) is 1.00. The van der Waals surface area contributed by atoms with E-state index in [4.69, 9.17) is 15.2 Å². The fourth-order valence-corrected chi connectivity index (χ4v) is 2.12. The SMILES string of the molecule is CN1C(C)(C)COC(C)(OCCN)C1(C)C. The quantitative estimate of drug-likeness (QED) is 0.791. The Morgan fingerprint density at radius 3 is 2.31 bits per heavy atom. The summed E-state index contributed by atoms with van der Waals surface area (Å²) in [6.07, 6.45) is 0. The second-order valence-corrected chi connectivity index (χ2v) is 5.80. The van der Waals surface area contributed by atoms with Crippen LogP contribution in [0.1, 0.15) is 34.6 Å². The van der Waals surface area contributed by atoms with Crippen LogP contribution in [-0.2, 0) is 9.47 Å². The van der Waals surface area contributed by atoms with Crippen molar-refractivity contribution in [3.63, 3.8) is 0 Å². The molecule has 4 heteroatoms. The first-order chi connectivity index (χ1) is 7.17. The Balaban J connectivity index is 2.90. The van der Waals surface area contributed by atoms with Gasteiger partial charge in [-0.1, -0.05) is 0 Å². The Kier molecular flexibility index (Phi) is 3.70. The minimum atomic E-state index is -0.601. The summed E-state index contributed by atoms with van der Waals surface area (Å²) in [7, 11) is 2.12. The number of morpholine rings is 1. The standard InChI is InChI=1S/C12H26N2O2/c1-10(2)9-16-12(5,15-8-7-13)11(3,4)14(10)6/h7-9,13H2,1-6H3. The molecule has 1 saturated heterocycles. The summed E-state index contributed by atoms with van der Waals surface area (Å²) in [4.78, 5) is 2.32. The van der Waals surface area contributed by atoms with Crippen LogP contribution in [0.4, 0.5) is 0 Å². The predicted molar refractivity (Wildman–Crippen MR) is 65.3 cm³/mol. The van der Waals surface area contributed by atoms with E-state index in [1.807, 2.05) is 6.92 Å². The molecule has 96 valence electrons. The van der Waals surface area contributed by atoms with Gasteiger partial charge in [-0.25, -0.2) is 0 Å². The zero-order valence-corrected chi connectivity index (χ0v) is 11.5. The third kappa shape index (κ3) is 2.12. The van der Waals surface area contributed by atoms with Gasteiger partial charge in [0.1, 0.15) is 0 Å². The number of rotatable bonds is 3. The van der Waals surface area contributed by atoms with Crippen LogP contribution in [0, 0.1) is 0 Å². The fourth-order valence-electron chi connectivity index (χ4n) is 2.12. The van der Waals surface area contributed by atoms with Crippen molar-refractivity contribution < 1.29 is 9.47 Å². The van der Waals surface area contributed by atoms with E-state index in [1.54, 1.807) is 0 Å². The third-order valence-corrected chi connectivity index (χ3v) is 4.05. The lowest BCUT2D eigenvalue weighted by atomic mass is 9.85. The lowest BCUT2D eigenvalue weighted by molar-refractivity contribution is -0.330. The molecule has 16 heavy (non-hydrogen) atoms. The normalized spacial score (nSPS) is 33.9. The van der Waals surface area contributed by atoms with E-state index < -0.39 is 5.79 Å². The highest BCUT2D eigenvalue weighted by molar-refractivity contribution is 5.02. The highest BCUT2D eigenvalue weighted by atomic mass is 16.7. The van der Waals surface area contributed by atoms with Gasteiger partial charge in [-0.2, -0.15) is 0 Å². The van der Waals surface area contributed by atoms with Gasteiger partial charge in [-0.3, -0.25) is 4.90 Å². The number of hydrogen-bond acceptors (Lipinski definition) is 4. The maximum absolute atomic E-state index is 5.95. The molecule has 1 heterocycles. The average Bonchev–Trinajstić information content (AvgIpc) is 2.20. The van der Waals surface area contributed by atoms with Gasteiger partial charge in [0.25, 0.3) is 0 Å². The van der Waals surface area contributed by atoms with E-state index in [1.165, 1.54) is 0 Å². The molecule has 0 radical (unpaired) electrons. The van der Waals surface area contributed by atoms with E-state index >= 15 is 0 Å². The molecule has 1 aliphatic rings. The van der Waals surface area contributed by atoms with Crippen molar-refractivity contribution in [3.8, 4) is 0 Å². The van der Waals surface area contributed by atoms with Gasteiger partial charge in [0, 0.05) is 12.1 Å². The minimum absolute atomic E-state index is 0.0229. The Morgan fingerprint density at radius 1 is 1.25 bits per heavy atom. The van der Waals surface area contributed by atoms with Crippen molar-refractivity contribution >= 4 is 0 Å².